The summed E-state index contributed by atoms with van der Waals surface area (Å²) in [5.41, 5.74) is 2.70. The number of thioether (sulfide) groups is 1. The topological polar surface area (TPSA) is 59.8 Å². The van der Waals surface area contributed by atoms with Gasteiger partial charge in [0.2, 0.25) is 5.91 Å². The summed E-state index contributed by atoms with van der Waals surface area (Å²) >= 11 is 7.71. The highest BCUT2D eigenvalue weighted by Crippen LogP contribution is 2.30. The quantitative estimate of drug-likeness (QED) is 0.363. The average molecular weight is 467 g/mol. The maximum Gasteiger partial charge on any atom is 0.230 e. The van der Waals surface area contributed by atoms with Gasteiger partial charge in [-0.2, -0.15) is 0 Å². The first-order chi connectivity index (χ1) is 15.6. The number of hydrogen-bond acceptors (Lipinski definition) is 4. The van der Waals surface area contributed by atoms with E-state index in [1.807, 2.05) is 59.2 Å². The maximum absolute atomic E-state index is 13.0. The largest absolute Gasteiger partial charge is 0.351 e. The minimum atomic E-state index is -0.303. The Labute approximate surface area is 194 Å². The number of nitrogens with one attached hydrogen (secondary N) is 1. The summed E-state index contributed by atoms with van der Waals surface area (Å²) in [5, 5.41) is 12.7. The summed E-state index contributed by atoms with van der Waals surface area (Å²) in [6, 6.07) is 23.5. The van der Waals surface area contributed by atoms with Crippen LogP contribution in [-0.4, -0.2) is 26.4 Å². The molecule has 0 radical (unpaired) electrons. The lowest BCUT2D eigenvalue weighted by molar-refractivity contribution is -0.118. The van der Waals surface area contributed by atoms with Crippen LogP contribution in [0.5, 0.6) is 0 Å². The molecule has 32 heavy (non-hydrogen) atoms. The van der Waals surface area contributed by atoms with Crippen molar-refractivity contribution in [1.82, 2.24) is 20.1 Å². The fraction of sp³-hybridized carbons (Fsp3) is 0.125. The molecule has 4 aromatic rings. The van der Waals surface area contributed by atoms with Crippen LogP contribution >= 0.6 is 23.4 Å². The van der Waals surface area contributed by atoms with E-state index >= 15 is 0 Å². The molecule has 5 nitrogen and oxygen atoms in total. The van der Waals surface area contributed by atoms with Crippen LogP contribution in [0.1, 0.15) is 11.1 Å². The van der Waals surface area contributed by atoms with Gasteiger partial charge < -0.3 is 5.32 Å². The molecule has 0 unspecified atom stereocenters. The Bertz CT molecular complexity index is 1200. The molecule has 0 bridgehead atoms. The maximum atomic E-state index is 13.0. The summed E-state index contributed by atoms with van der Waals surface area (Å²) in [7, 11) is 0. The molecule has 8 heteroatoms. The Morgan fingerprint density at radius 2 is 1.66 bits per heavy atom. The molecule has 4 rings (SSSR count). The molecule has 0 aliphatic carbocycles. The van der Waals surface area contributed by atoms with Gasteiger partial charge in [-0.15, -0.1) is 10.2 Å². The molecule has 1 amide bonds. The van der Waals surface area contributed by atoms with Crippen LogP contribution in [0, 0.1) is 5.82 Å². The van der Waals surface area contributed by atoms with E-state index in [1.54, 1.807) is 12.1 Å². The monoisotopic (exact) mass is 466 g/mol. The highest BCUT2D eigenvalue weighted by Gasteiger charge is 2.18. The van der Waals surface area contributed by atoms with E-state index in [9.17, 15) is 9.18 Å². The second-order valence-corrected chi connectivity index (χ2v) is 8.40. The molecule has 1 N–H and O–H groups in total. The number of hydrogen-bond donors (Lipinski definition) is 1. The van der Waals surface area contributed by atoms with Crippen molar-refractivity contribution < 1.29 is 9.18 Å². The minimum absolute atomic E-state index is 0.145. The van der Waals surface area contributed by atoms with Crippen LogP contribution < -0.4 is 5.32 Å². The molecule has 0 spiro atoms. The molecular weight excluding hydrogens is 447 g/mol. The van der Waals surface area contributed by atoms with Gasteiger partial charge in [-0.1, -0.05) is 78.0 Å². The third-order valence-corrected chi connectivity index (χ3v) is 6.05. The van der Waals surface area contributed by atoms with Crippen LogP contribution in [-0.2, 0) is 17.9 Å². The fourth-order valence-electron chi connectivity index (χ4n) is 3.13. The summed E-state index contributed by atoms with van der Waals surface area (Å²) in [5.74, 6) is 0.376. The van der Waals surface area contributed by atoms with Crippen LogP contribution in [0.4, 0.5) is 4.39 Å². The molecular formula is C24H20ClFN4OS. The first-order valence-electron chi connectivity index (χ1n) is 9.96. The van der Waals surface area contributed by atoms with E-state index in [0.717, 1.165) is 16.7 Å². The standard InChI is InChI=1S/C24H20ClFN4OS/c25-21-9-5-4-8-20(21)23-28-29-24(30(23)15-18-6-2-1-3-7-18)32-16-22(31)27-14-17-10-12-19(26)13-11-17/h1-13H,14-16H2,(H,27,31). The number of rotatable bonds is 8. The van der Waals surface area contributed by atoms with Crippen molar-refractivity contribution in [2.45, 2.75) is 18.2 Å². The van der Waals surface area contributed by atoms with Crippen LogP contribution in [0.15, 0.2) is 84.0 Å². The molecule has 1 heterocycles. The molecule has 0 aliphatic rings. The molecule has 162 valence electrons. The van der Waals surface area contributed by atoms with Crippen molar-refractivity contribution in [1.29, 1.82) is 0 Å². The Morgan fingerprint density at radius 3 is 2.41 bits per heavy atom. The Kier molecular flexibility index (Phi) is 7.19. The number of carbonyl (C=O) groups is 1. The molecule has 0 atom stereocenters. The van der Waals surface area contributed by atoms with Crippen molar-refractivity contribution in [2.75, 3.05) is 5.75 Å². The van der Waals surface area contributed by atoms with Gasteiger partial charge in [0.05, 0.1) is 17.3 Å². The summed E-state index contributed by atoms with van der Waals surface area (Å²) in [6.07, 6.45) is 0. The SMILES string of the molecule is O=C(CSc1nnc(-c2ccccc2Cl)n1Cc1ccccc1)NCc1ccc(F)cc1. The van der Waals surface area contributed by atoms with Crippen molar-refractivity contribution >= 4 is 29.3 Å². The predicted molar refractivity (Wildman–Crippen MR) is 125 cm³/mol. The lowest BCUT2D eigenvalue weighted by Gasteiger charge is -2.11. The van der Waals surface area contributed by atoms with Crippen LogP contribution in [0.3, 0.4) is 0 Å². The Hall–Kier alpha value is -3.16. The van der Waals surface area contributed by atoms with E-state index in [-0.39, 0.29) is 17.5 Å². The van der Waals surface area contributed by atoms with Gasteiger partial charge in [0, 0.05) is 12.1 Å². The highest BCUT2D eigenvalue weighted by atomic mass is 35.5. The molecule has 0 saturated carbocycles. The van der Waals surface area contributed by atoms with Gasteiger partial charge in [-0.25, -0.2) is 4.39 Å². The zero-order valence-corrected chi connectivity index (χ0v) is 18.6. The number of halogens is 2. The lowest BCUT2D eigenvalue weighted by Crippen LogP contribution is -2.24. The predicted octanol–water partition coefficient (Wildman–Crippen LogP) is 5.19. The van der Waals surface area contributed by atoms with Gasteiger partial charge in [0.25, 0.3) is 0 Å². The molecule has 0 aliphatic heterocycles. The van der Waals surface area contributed by atoms with E-state index in [1.165, 1.54) is 23.9 Å². The Balaban J connectivity index is 1.49. The summed E-state index contributed by atoms with van der Waals surface area (Å²) in [4.78, 5) is 12.4. The smallest absolute Gasteiger partial charge is 0.230 e. The Morgan fingerprint density at radius 1 is 0.938 bits per heavy atom. The van der Waals surface area contributed by atoms with Gasteiger partial charge in [-0.3, -0.25) is 9.36 Å². The number of amides is 1. The third-order valence-electron chi connectivity index (χ3n) is 4.75. The molecule has 3 aromatic carbocycles. The van der Waals surface area contributed by atoms with Gasteiger partial charge >= 0.3 is 0 Å². The number of aromatic nitrogens is 3. The number of benzene rings is 3. The summed E-state index contributed by atoms with van der Waals surface area (Å²) < 4.78 is 15.0. The second kappa shape index (κ2) is 10.4. The normalized spacial score (nSPS) is 10.8. The van der Waals surface area contributed by atoms with Gasteiger partial charge in [-0.05, 0) is 35.4 Å². The van der Waals surface area contributed by atoms with Crippen LogP contribution in [0.25, 0.3) is 11.4 Å². The fourth-order valence-corrected chi connectivity index (χ4v) is 4.12. The third kappa shape index (κ3) is 5.55. The van der Waals surface area contributed by atoms with Crippen molar-refractivity contribution in [3.05, 3.63) is 101 Å². The zero-order chi connectivity index (χ0) is 22.3. The van der Waals surface area contributed by atoms with Crippen molar-refractivity contribution in [3.8, 4) is 11.4 Å². The van der Waals surface area contributed by atoms with Gasteiger partial charge in [0.1, 0.15) is 5.82 Å². The number of carbonyl (C=O) groups excluding carboxylic acids is 1. The summed E-state index contributed by atoms with van der Waals surface area (Å²) in [6.45, 7) is 0.884. The minimum Gasteiger partial charge on any atom is -0.351 e. The van der Waals surface area contributed by atoms with Crippen molar-refractivity contribution in [2.24, 2.45) is 0 Å². The van der Waals surface area contributed by atoms with E-state index in [0.29, 0.717) is 29.1 Å². The average Bonchev–Trinajstić information content (AvgIpc) is 3.20. The van der Waals surface area contributed by atoms with E-state index in [2.05, 4.69) is 15.5 Å². The van der Waals surface area contributed by atoms with Crippen molar-refractivity contribution in [3.63, 3.8) is 0 Å². The van der Waals surface area contributed by atoms with Gasteiger partial charge in [0.15, 0.2) is 11.0 Å². The lowest BCUT2D eigenvalue weighted by atomic mass is 10.2. The molecule has 0 fully saturated rings. The van der Waals surface area contributed by atoms with E-state index < -0.39 is 0 Å². The van der Waals surface area contributed by atoms with Crippen LogP contribution in [0.2, 0.25) is 5.02 Å². The van der Waals surface area contributed by atoms with E-state index in [4.69, 9.17) is 11.6 Å². The zero-order valence-electron chi connectivity index (χ0n) is 17.0. The first-order valence-corrected chi connectivity index (χ1v) is 11.3. The second-order valence-electron chi connectivity index (χ2n) is 7.05. The molecule has 1 aromatic heterocycles. The highest BCUT2D eigenvalue weighted by molar-refractivity contribution is 7.99. The first kappa shape index (κ1) is 22.0. The number of nitrogens with zero attached hydrogens (tertiary/aromatic N) is 3. The molecule has 0 saturated heterocycles.